The van der Waals surface area contributed by atoms with E-state index >= 15 is 0 Å². The van der Waals surface area contributed by atoms with E-state index < -0.39 is 12.2 Å². The number of rotatable bonds is 4. The van der Waals surface area contributed by atoms with Gasteiger partial charge in [-0.1, -0.05) is 66.2 Å². The summed E-state index contributed by atoms with van der Waals surface area (Å²) in [5, 5.41) is 3.10. The Kier molecular flexibility index (Phi) is 5.00. The number of hydrogen-bond donors (Lipinski definition) is 1. The number of carbonyl (C=O) groups is 2. The molecule has 3 aromatic carbocycles. The van der Waals surface area contributed by atoms with Gasteiger partial charge in [0.05, 0.1) is 12.2 Å². The first-order valence-electron chi connectivity index (χ1n) is 8.79. The Labute approximate surface area is 167 Å². The maximum Gasteiger partial charge on any atom is 0.412 e. The summed E-state index contributed by atoms with van der Waals surface area (Å²) >= 11 is 5.93. The van der Waals surface area contributed by atoms with Crippen LogP contribution in [0.25, 0.3) is 0 Å². The Morgan fingerprint density at radius 3 is 2.54 bits per heavy atom. The van der Waals surface area contributed by atoms with Crippen molar-refractivity contribution in [3.8, 4) is 0 Å². The highest BCUT2D eigenvalue weighted by Crippen LogP contribution is 2.39. The fraction of sp³-hybridized carbons (Fsp3) is 0.0909. The summed E-state index contributed by atoms with van der Waals surface area (Å²) in [6, 6.07) is 23.7. The van der Waals surface area contributed by atoms with Gasteiger partial charge in [-0.15, -0.1) is 0 Å². The highest BCUT2D eigenvalue weighted by Gasteiger charge is 2.39. The smallest absolute Gasteiger partial charge is 0.412 e. The van der Waals surface area contributed by atoms with E-state index in [4.69, 9.17) is 16.3 Å². The molecule has 140 valence electrons. The van der Waals surface area contributed by atoms with Crippen molar-refractivity contribution in [3.63, 3.8) is 0 Å². The molecular weight excluding hydrogens is 376 g/mol. The number of halogens is 1. The molecule has 0 bridgehead atoms. The van der Waals surface area contributed by atoms with Gasteiger partial charge in [0, 0.05) is 16.3 Å². The first kappa shape index (κ1) is 18.1. The average Bonchev–Trinajstić information content (AvgIpc) is 2.95. The maximum absolute atomic E-state index is 13.0. The van der Waals surface area contributed by atoms with E-state index in [-0.39, 0.29) is 5.91 Å². The number of nitrogens with zero attached hydrogens (tertiary/aromatic N) is 1. The van der Waals surface area contributed by atoms with Crippen molar-refractivity contribution in [1.82, 2.24) is 0 Å². The van der Waals surface area contributed by atoms with Crippen LogP contribution in [0.4, 0.5) is 16.2 Å². The molecule has 0 unspecified atom stereocenters. The molecule has 1 aliphatic rings. The van der Waals surface area contributed by atoms with Crippen LogP contribution in [0.1, 0.15) is 17.2 Å². The minimum Gasteiger partial charge on any atom is -0.431 e. The molecule has 0 radical (unpaired) electrons. The Morgan fingerprint density at radius 2 is 1.75 bits per heavy atom. The van der Waals surface area contributed by atoms with Crippen LogP contribution < -0.4 is 10.2 Å². The van der Waals surface area contributed by atoms with Crippen LogP contribution in [0.15, 0.2) is 78.9 Å². The van der Waals surface area contributed by atoms with Crippen molar-refractivity contribution in [2.75, 3.05) is 10.2 Å². The van der Waals surface area contributed by atoms with Gasteiger partial charge < -0.3 is 9.64 Å². The first-order chi connectivity index (χ1) is 13.6. The number of carbonyl (C=O) groups excluding carboxylic acids is 2. The average molecular weight is 393 g/mol. The Bertz CT molecular complexity index is 1020. The standard InChI is InChI=1S/C22H17ClN2O3/c23-16-9-6-10-17(13-16)24-22(27)28-20-18-11-4-5-12-19(18)25(21(20)26)14-15-7-2-1-3-8-15/h1-13,20H,14H2,(H,24,27)/t20-/m0/s1. The summed E-state index contributed by atoms with van der Waals surface area (Å²) in [6.45, 7) is 0.409. The topological polar surface area (TPSA) is 58.6 Å². The van der Waals surface area contributed by atoms with E-state index in [0.717, 1.165) is 11.3 Å². The van der Waals surface area contributed by atoms with Crippen molar-refractivity contribution in [3.05, 3.63) is 95.0 Å². The highest BCUT2D eigenvalue weighted by molar-refractivity contribution is 6.30. The summed E-state index contributed by atoms with van der Waals surface area (Å²) in [5.41, 5.74) is 2.91. The van der Waals surface area contributed by atoms with E-state index in [2.05, 4.69) is 5.32 Å². The minimum atomic E-state index is -0.987. The van der Waals surface area contributed by atoms with Crippen molar-refractivity contribution in [2.24, 2.45) is 0 Å². The third-order valence-electron chi connectivity index (χ3n) is 4.48. The molecule has 6 heteroatoms. The number of nitrogens with one attached hydrogen (secondary N) is 1. The molecule has 0 saturated heterocycles. The van der Waals surface area contributed by atoms with Crippen LogP contribution >= 0.6 is 11.6 Å². The Morgan fingerprint density at radius 1 is 1.00 bits per heavy atom. The van der Waals surface area contributed by atoms with Crippen LogP contribution in [-0.2, 0) is 16.1 Å². The lowest BCUT2D eigenvalue weighted by molar-refractivity contribution is -0.125. The molecule has 1 heterocycles. The SMILES string of the molecule is O=C(Nc1cccc(Cl)c1)O[C@@H]1C(=O)N(Cc2ccccc2)c2ccccc21. The van der Waals surface area contributed by atoms with E-state index in [0.29, 0.717) is 22.8 Å². The molecule has 2 amide bonds. The zero-order valence-electron chi connectivity index (χ0n) is 14.8. The maximum atomic E-state index is 13.0. The van der Waals surface area contributed by atoms with Crippen molar-refractivity contribution >= 4 is 35.0 Å². The molecule has 3 aromatic rings. The second-order valence-corrected chi connectivity index (χ2v) is 6.83. The number of anilines is 2. The molecule has 5 nitrogen and oxygen atoms in total. The van der Waals surface area contributed by atoms with Gasteiger partial charge in [-0.05, 0) is 29.8 Å². The number of hydrogen-bond acceptors (Lipinski definition) is 3. The van der Waals surface area contributed by atoms with Crippen LogP contribution in [0.3, 0.4) is 0 Å². The third kappa shape index (κ3) is 3.70. The highest BCUT2D eigenvalue weighted by atomic mass is 35.5. The zero-order valence-corrected chi connectivity index (χ0v) is 15.6. The summed E-state index contributed by atoms with van der Waals surface area (Å²) in [5.74, 6) is -0.272. The largest absolute Gasteiger partial charge is 0.431 e. The Hall–Kier alpha value is -3.31. The van der Waals surface area contributed by atoms with E-state index in [1.54, 1.807) is 35.2 Å². The predicted octanol–water partition coefficient (Wildman–Crippen LogP) is 5.18. The lowest BCUT2D eigenvalue weighted by atomic mass is 10.1. The van der Waals surface area contributed by atoms with Gasteiger partial charge in [-0.2, -0.15) is 0 Å². The van der Waals surface area contributed by atoms with Crippen molar-refractivity contribution in [1.29, 1.82) is 0 Å². The van der Waals surface area contributed by atoms with Crippen LogP contribution in [0, 0.1) is 0 Å². The molecule has 0 aliphatic carbocycles. The summed E-state index contributed by atoms with van der Waals surface area (Å²) in [6.07, 6.45) is -1.70. The Balaban J connectivity index is 1.54. The van der Waals surface area contributed by atoms with Gasteiger partial charge in [0.2, 0.25) is 6.10 Å². The monoisotopic (exact) mass is 392 g/mol. The number of fused-ring (bicyclic) bond motifs is 1. The second-order valence-electron chi connectivity index (χ2n) is 6.39. The summed E-state index contributed by atoms with van der Waals surface area (Å²) in [4.78, 5) is 27.0. The van der Waals surface area contributed by atoms with Gasteiger partial charge in [0.25, 0.3) is 5.91 Å². The van der Waals surface area contributed by atoms with Gasteiger partial charge in [0.1, 0.15) is 0 Å². The molecular formula is C22H17ClN2O3. The molecule has 0 fully saturated rings. The minimum absolute atomic E-state index is 0.272. The fourth-order valence-corrected chi connectivity index (χ4v) is 3.40. The van der Waals surface area contributed by atoms with E-state index in [9.17, 15) is 9.59 Å². The van der Waals surface area contributed by atoms with Crippen molar-refractivity contribution < 1.29 is 14.3 Å². The van der Waals surface area contributed by atoms with Gasteiger partial charge in [-0.3, -0.25) is 10.1 Å². The predicted molar refractivity (Wildman–Crippen MR) is 108 cm³/mol. The number of para-hydroxylation sites is 1. The number of amides is 2. The molecule has 1 atom stereocenters. The summed E-state index contributed by atoms with van der Waals surface area (Å²) in [7, 11) is 0. The molecule has 4 rings (SSSR count). The van der Waals surface area contributed by atoms with Crippen LogP contribution in [0.2, 0.25) is 5.02 Å². The molecule has 0 spiro atoms. The fourth-order valence-electron chi connectivity index (χ4n) is 3.21. The third-order valence-corrected chi connectivity index (χ3v) is 4.71. The normalized spacial score (nSPS) is 15.2. The molecule has 1 aliphatic heterocycles. The van der Waals surface area contributed by atoms with Gasteiger partial charge >= 0.3 is 6.09 Å². The van der Waals surface area contributed by atoms with Crippen LogP contribution in [-0.4, -0.2) is 12.0 Å². The lowest BCUT2D eigenvalue weighted by Gasteiger charge is -2.18. The van der Waals surface area contributed by atoms with Crippen LogP contribution in [0.5, 0.6) is 0 Å². The summed E-state index contributed by atoms with van der Waals surface area (Å²) < 4.78 is 5.48. The van der Waals surface area contributed by atoms with E-state index in [1.807, 2.05) is 48.5 Å². The van der Waals surface area contributed by atoms with Gasteiger partial charge in [-0.25, -0.2) is 4.79 Å². The molecule has 1 N–H and O–H groups in total. The van der Waals surface area contributed by atoms with Gasteiger partial charge in [0.15, 0.2) is 0 Å². The quantitative estimate of drug-likeness (QED) is 0.665. The first-order valence-corrected chi connectivity index (χ1v) is 9.17. The number of ether oxygens (including phenoxy) is 1. The van der Waals surface area contributed by atoms with E-state index in [1.165, 1.54) is 0 Å². The van der Waals surface area contributed by atoms with Crippen molar-refractivity contribution in [2.45, 2.75) is 12.6 Å². The lowest BCUT2D eigenvalue weighted by Crippen LogP contribution is -2.30. The zero-order chi connectivity index (χ0) is 19.5. The molecule has 0 saturated carbocycles. The molecule has 0 aromatic heterocycles. The molecule has 28 heavy (non-hydrogen) atoms. The second kappa shape index (κ2) is 7.74. The number of benzene rings is 3.